The van der Waals surface area contributed by atoms with Crippen LogP contribution >= 0.6 is 0 Å². The van der Waals surface area contributed by atoms with E-state index in [9.17, 15) is 14.4 Å². The van der Waals surface area contributed by atoms with Crippen LogP contribution in [0.4, 0.5) is 4.79 Å². The summed E-state index contributed by atoms with van der Waals surface area (Å²) in [5.74, 6) is -1.96. The van der Waals surface area contributed by atoms with Crippen molar-refractivity contribution in [3.8, 4) is 0 Å². The zero-order valence-electron chi connectivity index (χ0n) is 12.4. The van der Waals surface area contributed by atoms with Gasteiger partial charge in [0.05, 0.1) is 12.2 Å². The first-order chi connectivity index (χ1) is 9.95. The van der Waals surface area contributed by atoms with Crippen molar-refractivity contribution in [2.75, 3.05) is 0 Å². The lowest BCUT2D eigenvalue weighted by Gasteiger charge is -2.31. The largest absolute Gasteiger partial charge is 0.331 e. The quantitative estimate of drug-likeness (QED) is 0.852. The Morgan fingerprint density at radius 3 is 2.67 bits per heavy atom. The Bertz CT molecular complexity index is 583. The summed E-state index contributed by atoms with van der Waals surface area (Å²) in [5, 5.41) is 2.25. The van der Waals surface area contributed by atoms with E-state index in [1.807, 2.05) is 19.1 Å². The summed E-state index contributed by atoms with van der Waals surface area (Å²) in [7, 11) is 0. The summed E-state index contributed by atoms with van der Waals surface area (Å²) >= 11 is 0. The summed E-state index contributed by atoms with van der Waals surface area (Å²) in [5.41, 5.74) is 1.66. The number of rotatable bonds is 4. The molecule has 1 N–H and O–H groups in total. The second-order valence-corrected chi connectivity index (χ2v) is 5.40. The molecule has 1 unspecified atom stereocenters. The van der Waals surface area contributed by atoms with E-state index >= 15 is 0 Å². The molecular weight excluding hydrogens is 270 g/mol. The normalized spacial score (nSPS) is 19.1. The molecule has 1 aromatic heterocycles. The molecule has 1 fully saturated rings. The summed E-state index contributed by atoms with van der Waals surface area (Å²) in [6.07, 6.45) is 2.39. The molecule has 1 atom stereocenters. The molecule has 2 heterocycles. The molecule has 0 saturated carbocycles. The molecular formula is C15H19N3O3. The lowest BCUT2D eigenvalue weighted by Crippen LogP contribution is -2.58. The summed E-state index contributed by atoms with van der Waals surface area (Å²) in [4.78, 5) is 41.4. The SMILES string of the molecule is CCc1cccnc1CN1C(=O)NC(=O)C(C(C)C)C1=O. The van der Waals surface area contributed by atoms with Crippen LogP contribution in [0.5, 0.6) is 0 Å². The summed E-state index contributed by atoms with van der Waals surface area (Å²) < 4.78 is 0. The van der Waals surface area contributed by atoms with Crippen LogP contribution in [0.2, 0.25) is 0 Å². The van der Waals surface area contributed by atoms with E-state index in [1.54, 1.807) is 20.0 Å². The predicted octanol–water partition coefficient (Wildman–Crippen LogP) is 1.49. The Morgan fingerprint density at radius 2 is 2.05 bits per heavy atom. The molecule has 2 rings (SSSR count). The molecule has 6 heteroatoms. The van der Waals surface area contributed by atoms with Crippen molar-refractivity contribution in [3.63, 3.8) is 0 Å². The zero-order valence-corrected chi connectivity index (χ0v) is 12.4. The Kier molecular flexibility index (Phi) is 4.35. The maximum absolute atomic E-state index is 12.4. The van der Waals surface area contributed by atoms with Gasteiger partial charge in [-0.15, -0.1) is 0 Å². The highest BCUT2D eigenvalue weighted by Crippen LogP contribution is 2.21. The average Bonchev–Trinajstić information content (AvgIpc) is 2.43. The van der Waals surface area contributed by atoms with Crippen LogP contribution in [-0.2, 0) is 22.6 Å². The number of nitrogens with one attached hydrogen (secondary N) is 1. The van der Waals surface area contributed by atoms with Crippen molar-refractivity contribution in [1.82, 2.24) is 15.2 Å². The molecule has 1 aliphatic rings. The first-order valence-electron chi connectivity index (χ1n) is 7.04. The number of aryl methyl sites for hydroxylation is 1. The van der Waals surface area contributed by atoms with Gasteiger partial charge >= 0.3 is 6.03 Å². The third-order valence-corrected chi connectivity index (χ3v) is 3.63. The highest BCUT2D eigenvalue weighted by atomic mass is 16.2. The van der Waals surface area contributed by atoms with E-state index in [4.69, 9.17) is 0 Å². The number of imide groups is 2. The minimum atomic E-state index is -0.823. The van der Waals surface area contributed by atoms with Crippen LogP contribution in [0.1, 0.15) is 32.0 Å². The molecule has 1 aromatic rings. The van der Waals surface area contributed by atoms with E-state index in [2.05, 4.69) is 10.3 Å². The number of pyridine rings is 1. The number of hydrogen-bond donors (Lipinski definition) is 1. The number of hydrogen-bond acceptors (Lipinski definition) is 4. The predicted molar refractivity (Wildman–Crippen MR) is 76.0 cm³/mol. The number of carbonyl (C=O) groups excluding carboxylic acids is 3. The van der Waals surface area contributed by atoms with Crippen molar-refractivity contribution >= 4 is 17.8 Å². The molecule has 112 valence electrons. The number of carbonyl (C=O) groups is 3. The molecule has 0 aromatic carbocycles. The van der Waals surface area contributed by atoms with E-state index in [0.29, 0.717) is 5.69 Å². The van der Waals surface area contributed by atoms with Gasteiger partial charge in [-0.05, 0) is 24.0 Å². The molecule has 0 bridgehead atoms. The fourth-order valence-electron chi connectivity index (χ4n) is 2.45. The maximum atomic E-state index is 12.4. The van der Waals surface area contributed by atoms with Gasteiger partial charge in [0.25, 0.3) is 0 Å². The molecule has 0 radical (unpaired) electrons. The molecule has 1 aliphatic heterocycles. The van der Waals surface area contributed by atoms with Gasteiger partial charge in [-0.3, -0.25) is 24.8 Å². The lowest BCUT2D eigenvalue weighted by atomic mass is 9.92. The van der Waals surface area contributed by atoms with Gasteiger partial charge in [-0.1, -0.05) is 26.8 Å². The molecule has 0 spiro atoms. The van der Waals surface area contributed by atoms with E-state index in [1.165, 1.54) is 0 Å². The van der Waals surface area contributed by atoms with Gasteiger partial charge in [-0.2, -0.15) is 0 Å². The highest BCUT2D eigenvalue weighted by Gasteiger charge is 2.42. The molecule has 0 aliphatic carbocycles. The number of urea groups is 1. The Labute approximate surface area is 123 Å². The van der Waals surface area contributed by atoms with Gasteiger partial charge < -0.3 is 0 Å². The lowest BCUT2D eigenvalue weighted by molar-refractivity contribution is -0.144. The number of amides is 4. The first kappa shape index (κ1) is 15.2. The monoisotopic (exact) mass is 289 g/mol. The van der Waals surface area contributed by atoms with E-state index in [0.717, 1.165) is 16.9 Å². The molecule has 21 heavy (non-hydrogen) atoms. The smallest absolute Gasteiger partial charge is 0.277 e. The molecule has 4 amide bonds. The standard InChI is InChI=1S/C15H19N3O3/c1-4-10-6-5-7-16-11(10)8-18-14(20)12(9(2)3)13(19)17-15(18)21/h5-7,9,12H,4,8H2,1-3H3,(H,17,19,21). The van der Waals surface area contributed by atoms with Crippen LogP contribution in [0.25, 0.3) is 0 Å². The maximum Gasteiger partial charge on any atom is 0.331 e. The Hall–Kier alpha value is -2.24. The van der Waals surface area contributed by atoms with Gasteiger partial charge in [0.15, 0.2) is 0 Å². The fourth-order valence-corrected chi connectivity index (χ4v) is 2.45. The van der Waals surface area contributed by atoms with Crippen molar-refractivity contribution in [2.45, 2.75) is 33.7 Å². The third kappa shape index (κ3) is 2.94. The second kappa shape index (κ2) is 6.03. The van der Waals surface area contributed by atoms with Gasteiger partial charge in [-0.25, -0.2) is 4.79 Å². The van der Waals surface area contributed by atoms with Crippen molar-refractivity contribution in [1.29, 1.82) is 0 Å². The first-order valence-corrected chi connectivity index (χ1v) is 7.04. The second-order valence-electron chi connectivity index (χ2n) is 5.40. The molecule has 1 saturated heterocycles. The number of aromatic nitrogens is 1. The number of nitrogens with zero attached hydrogens (tertiary/aromatic N) is 2. The fraction of sp³-hybridized carbons (Fsp3) is 0.467. The van der Waals surface area contributed by atoms with Gasteiger partial charge in [0.2, 0.25) is 11.8 Å². The van der Waals surface area contributed by atoms with E-state index in [-0.39, 0.29) is 12.5 Å². The van der Waals surface area contributed by atoms with Gasteiger partial charge in [0.1, 0.15) is 5.92 Å². The van der Waals surface area contributed by atoms with Crippen molar-refractivity contribution < 1.29 is 14.4 Å². The Balaban J connectivity index is 2.28. The number of barbiturate groups is 1. The third-order valence-electron chi connectivity index (χ3n) is 3.63. The minimum absolute atomic E-state index is 0.0885. The van der Waals surface area contributed by atoms with Crippen molar-refractivity contribution in [2.24, 2.45) is 11.8 Å². The van der Waals surface area contributed by atoms with Crippen LogP contribution in [0.3, 0.4) is 0 Å². The van der Waals surface area contributed by atoms with Crippen LogP contribution in [0, 0.1) is 11.8 Å². The van der Waals surface area contributed by atoms with Crippen molar-refractivity contribution in [3.05, 3.63) is 29.6 Å². The van der Waals surface area contributed by atoms with E-state index < -0.39 is 23.8 Å². The minimum Gasteiger partial charge on any atom is -0.277 e. The van der Waals surface area contributed by atoms with Gasteiger partial charge in [0, 0.05) is 6.20 Å². The highest BCUT2D eigenvalue weighted by molar-refractivity contribution is 6.16. The summed E-state index contributed by atoms with van der Waals surface area (Å²) in [6.45, 7) is 5.65. The Morgan fingerprint density at radius 1 is 1.33 bits per heavy atom. The topological polar surface area (TPSA) is 79.4 Å². The van der Waals surface area contributed by atoms with Crippen LogP contribution in [0.15, 0.2) is 18.3 Å². The van der Waals surface area contributed by atoms with Crippen LogP contribution < -0.4 is 5.32 Å². The average molecular weight is 289 g/mol. The zero-order chi connectivity index (χ0) is 15.6. The summed E-state index contributed by atoms with van der Waals surface area (Å²) in [6, 6.07) is 3.07. The van der Waals surface area contributed by atoms with Crippen LogP contribution in [-0.4, -0.2) is 27.7 Å². The molecule has 6 nitrogen and oxygen atoms in total.